The van der Waals surface area contributed by atoms with Crippen LogP contribution in [0.15, 0.2) is 24.3 Å². The van der Waals surface area contributed by atoms with Crippen LogP contribution < -0.4 is 10.6 Å². The summed E-state index contributed by atoms with van der Waals surface area (Å²) in [5.74, 6) is -0.625. The number of carbonyl (C=O) groups excluding carboxylic acids is 2. The number of aromatic nitrogens is 2. The van der Waals surface area contributed by atoms with E-state index in [2.05, 4.69) is 15.7 Å². The number of carbonyl (C=O) groups is 2. The third-order valence-corrected chi connectivity index (χ3v) is 4.11. The van der Waals surface area contributed by atoms with E-state index in [1.807, 2.05) is 38.1 Å². The second kappa shape index (κ2) is 8.67. The van der Waals surface area contributed by atoms with Gasteiger partial charge in [-0.3, -0.25) is 9.59 Å². The van der Waals surface area contributed by atoms with Crippen LogP contribution in [-0.2, 0) is 11.3 Å². The molecule has 0 spiro atoms. The van der Waals surface area contributed by atoms with Crippen molar-refractivity contribution < 1.29 is 9.59 Å². The van der Waals surface area contributed by atoms with Crippen LogP contribution in [0, 0.1) is 13.8 Å². The van der Waals surface area contributed by atoms with Crippen molar-refractivity contribution in [1.29, 1.82) is 0 Å². The number of aryl methyl sites for hydroxylation is 2. The maximum atomic E-state index is 12.3. The number of hydrogen-bond donors (Lipinski definition) is 2. The Hall–Kier alpha value is -2.34. The molecule has 1 heterocycles. The summed E-state index contributed by atoms with van der Waals surface area (Å²) in [5, 5.41) is 9.91. The molecule has 0 atom stereocenters. The lowest BCUT2D eigenvalue weighted by Crippen LogP contribution is -2.37. The summed E-state index contributed by atoms with van der Waals surface area (Å²) in [6, 6.07) is 8.03. The number of hydrogen-bond acceptors (Lipinski definition) is 3. The Bertz CT molecular complexity index is 753. The quantitative estimate of drug-likeness (QED) is 0.794. The molecule has 0 radical (unpaired) electrons. The first-order valence-corrected chi connectivity index (χ1v) is 8.63. The molecule has 0 aliphatic heterocycles. The summed E-state index contributed by atoms with van der Waals surface area (Å²) in [5.41, 5.74) is 3.05. The van der Waals surface area contributed by atoms with Crippen molar-refractivity contribution in [2.24, 2.45) is 0 Å². The Kier molecular flexibility index (Phi) is 6.58. The molecule has 7 heteroatoms. The highest BCUT2D eigenvalue weighted by Gasteiger charge is 2.20. The van der Waals surface area contributed by atoms with Crippen molar-refractivity contribution in [1.82, 2.24) is 20.4 Å². The minimum atomic E-state index is -0.399. The summed E-state index contributed by atoms with van der Waals surface area (Å²) in [7, 11) is 0. The normalized spacial score (nSPS) is 10.6. The molecular weight excluding hydrogens is 340 g/mol. The highest BCUT2D eigenvalue weighted by atomic mass is 35.5. The first-order valence-electron chi connectivity index (χ1n) is 8.25. The van der Waals surface area contributed by atoms with Gasteiger partial charge in [0.25, 0.3) is 5.91 Å². The Morgan fingerprint density at radius 2 is 1.84 bits per heavy atom. The topological polar surface area (TPSA) is 76.0 Å². The number of nitrogens with one attached hydrogen (secondary N) is 2. The van der Waals surface area contributed by atoms with Gasteiger partial charge in [0, 0.05) is 6.54 Å². The van der Waals surface area contributed by atoms with E-state index in [1.54, 1.807) is 11.6 Å². The Labute approximate surface area is 152 Å². The van der Waals surface area contributed by atoms with Crippen molar-refractivity contribution in [2.45, 2.75) is 33.7 Å². The molecule has 1 aromatic carbocycles. The van der Waals surface area contributed by atoms with Crippen LogP contribution in [0.5, 0.6) is 0 Å². The predicted molar refractivity (Wildman–Crippen MR) is 97.9 cm³/mol. The lowest BCUT2D eigenvalue weighted by molar-refractivity contribution is -0.120. The van der Waals surface area contributed by atoms with E-state index in [4.69, 9.17) is 11.6 Å². The number of rotatable bonds is 7. The predicted octanol–water partition coefficient (Wildman–Crippen LogP) is 2.46. The maximum Gasteiger partial charge on any atom is 0.256 e. The molecule has 0 saturated carbocycles. The summed E-state index contributed by atoms with van der Waals surface area (Å²) >= 11 is 6.34. The van der Waals surface area contributed by atoms with Crippen LogP contribution in [-0.4, -0.2) is 34.7 Å². The molecule has 0 fully saturated rings. The standard InChI is InChI=1S/C18H23ClN4O2/c1-4-9-20-15(24)10-21-18(25)16-13(3)22-23(17(16)19)11-14-7-5-12(2)6-8-14/h5-8H,4,9-11H2,1-3H3,(H,20,24)(H,21,25). The number of amides is 2. The van der Waals surface area contributed by atoms with Crippen LogP contribution in [0.3, 0.4) is 0 Å². The SMILES string of the molecule is CCCNC(=O)CNC(=O)c1c(C)nn(Cc2ccc(C)cc2)c1Cl. The molecule has 2 N–H and O–H groups in total. The minimum Gasteiger partial charge on any atom is -0.355 e. The largest absolute Gasteiger partial charge is 0.355 e. The second-order valence-corrected chi connectivity index (χ2v) is 6.29. The minimum absolute atomic E-state index is 0.0856. The smallest absolute Gasteiger partial charge is 0.256 e. The molecule has 134 valence electrons. The zero-order valence-electron chi connectivity index (χ0n) is 14.7. The van der Waals surface area contributed by atoms with E-state index in [-0.39, 0.29) is 17.6 Å². The number of halogens is 1. The summed E-state index contributed by atoms with van der Waals surface area (Å²) in [6.45, 7) is 6.69. The molecule has 1 aromatic heterocycles. The molecule has 0 aliphatic carbocycles. The summed E-state index contributed by atoms with van der Waals surface area (Å²) < 4.78 is 1.59. The average molecular weight is 363 g/mol. The lowest BCUT2D eigenvalue weighted by atomic mass is 10.1. The molecule has 2 rings (SSSR count). The molecule has 0 unspecified atom stereocenters. The highest BCUT2D eigenvalue weighted by Crippen LogP contribution is 2.21. The van der Waals surface area contributed by atoms with Crippen LogP contribution in [0.1, 0.15) is 40.5 Å². The van der Waals surface area contributed by atoms with Gasteiger partial charge in [-0.25, -0.2) is 4.68 Å². The average Bonchev–Trinajstić information content (AvgIpc) is 2.86. The Balaban J connectivity index is 2.06. The molecule has 2 aromatic rings. The van der Waals surface area contributed by atoms with Crippen LogP contribution in [0.4, 0.5) is 0 Å². The lowest BCUT2D eigenvalue weighted by Gasteiger charge is -2.06. The molecule has 0 saturated heterocycles. The summed E-state index contributed by atoms with van der Waals surface area (Å²) in [4.78, 5) is 23.9. The van der Waals surface area contributed by atoms with Gasteiger partial charge in [-0.05, 0) is 25.8 Å². The van der Waals surface area contributed by atoms with Gasteiger partial charge in [0.2, 0.25) is 5.91 Å². The zero-order valence-corrected chi connectivity index (χ0v) is 15.5. The fraction of sp³-hybridized carbons (Fsp3) is 0.389. The first kappa shape index (κ1) is 19.0. The monoisotopic (exact) mass is 362 g/mol. The molecule has 6 nitrogen and oxygen atoms in total. The van der Waals surface area contributed by atoms with Crippen molar-refractivity contribution in [2.75, 3.05) is 13.1 Å². The highest BCUT2D eigenvalue weighted by molar-refractivity contribution is 6.33. The second-order valence-electron chi connectivity index (χ2n) is 5.93. The fourth-order valence-corrected chi connectivity index (χ4v) is 2.68. The molecule has 25 heavy (non-hydrogen) atoms. The van der Waals surface area contributed by atoms with Crippen LogP contribution in [0.25, 0.3) is 0 Å². The third kappa shape index (κ3) is 5.06. The molecular formula is C18H23ClN4O2. The van der Waals surface area contributed by atoms with E-state index in [0.29, 0.717) is 24.3 Å². The van der Waals surface area contributed by atoms with E-state index >= 15 is 0 Å². The van der Waals surface area contributed by atoms with E-state index in [1.165, 1.54) is 5.56 Å². The van der Waals surface area contributed by atoms with Gasteiger partial charge >= 0.3 is 0 Å². The maximum absolute atomic E-state index is 12.3. The van der Waals surface area contributed by atoms with Gasteiger partial charge in [-0.1, -0.05) is 48.4 Å². The van der Waals surface area contributed by atoms with Gasteiger partial charge in [-0.15, -0.1) is 0 Å². The Morgan fingerprint density at radius 1 is 1.16 bits per heavy atom. The molecule has 0 aliphatic rings. The first-order chi connectivity index (χ1) is 11.9. The number of benzene rings is 1. The van der Waals surface area contributed by atoms with E-state index < -0.39 is 5.91 Å². The van der Waals surface area contributed by atoms with Gasteiger partial charge in [0.05, 0.1) is 24.3 Å². The van der Waals surface area contributed by atoms with E-state index in [9.17, 15) is 9.59 Å². The van der Waals surface area contributed by atoms with Gasteiger partial charge in [0.15, 0.2) is 0 Å². The van der Waals surface area contributed by atoms with Crippen LogP contribution in [0.2, 0.25) is 5.15 Å². The zero-order chi connectivity index (χ0) is 18.4. The molecule has 2 amide bonds. The third-order valence-electron chi connectivity index (χ3n) is 3.73. The van der Waals surface area contributed by atoms with Crippen molar-refractivity contribution >= 4 is 23.4 Å². The van der Waals surface area contributed by atoms with Gasteiger partial charge < -0.3 is 10.6 Å². The van der Waals surface area contributed by atoms with Gasteiger partial charge in [0.1, 0.15) is 5.15 Å². The fourth-order valence-electron chi connectivity index (χ4n) is 2.36. The van der Waals surface area contributed by atoms with Gasteiger partial charge in [-0.2, -0.15) is 5.10 Å². The Morgan fingerprint density at radius 3 is 2.48 bits per heavy atom. The van der Waals surface area contributed by atoms with Crippen LogP contribution >= 0.6 is 11.6 Å². The summed E-state index contributed by atoms with van der Waals surface area (Å²) in [6.07, 6.45) is 0.844. The van der Waals surface area contributed by atoms with Crippen molar-refractivity contribution in [3.63, 3.8) is 0 Å². The molecule has 0 bridgehead atoms. The van der Waals surface area contributed by atoms with Crippen molar-refractivity contribution in [3.05, 3.63) is 51.8 Å². The van der Waals surface area contributed by atoms with E-state index in [0.717, 1.165) is 12.0 Å². The number of nitrogens with zero attached hydrogens (tertiary/aromatic N) is 2. The van der Waals surface area contributed by atoms with Crippen molar-refractivity contribution in [3.8, 4) is 0 Å².